The van der Waals surface area contributed by atoms with Gasteiger partial charge in [-0.15, -0.1) is 0 Å². The second-order valence-electron chi connectivity index (χ2n) is 6.83. The summed E-state index contributed by atoms with van der Waals surface area (Å²) >= 11 is 0. The Balaban J connectivity index is 1.70. The van der Waals surface area contributed by atoms with Crippen molar-refractivity contribution in [3.63, 3.8) is 0 Å². The second-order valence-corrected chi connectivity index (χ2v) is 6.83. The van der Waals surface area contributed by atoms with Crippen LogP contribution in [0, 0.1) is 17.6 Å². The average molecular weight is 340 g/mol. The molecule has 2 amide bonds. The molecule has 132 valence electrons. The molecule has 1 saturated carbocycles. The van der Waals surface area contributed by atoms with Gasteiger partial charge in [-0.2, -0.15) is 0 Å². The van der Waals surface area contributed by atoms with E-state index in [-0.39, 0.29) is 30.8 Å². The molecule has 0 unspecified atom stereocenters. The fourth-order valence-electron chi connectivity index (χ4n) is 2.43. The summed E-state index contributed by atoms with van der Waals surface area (Å²) in [5, 5.41) is 5.22. The van der Waals surface area contributed by atoms with Gasteiger partial charge in [0, 0.05) is 25.1 Å². The minimum Gasteiger partial charge on any atom is -0.444 e. The van der Waals surface area contributed by atoms with Gasteiger partial charge in [0.2, 0.25) is 5.91 Å². The Hall–Kier alpha value is -2.18. The van der Waals surface area contributed by atoms with E-state index in [1.165, 1.54) is 12.1 Å². The van der Waals surface area contributed by atoms with Gasteiger partial charge in [-0.25, -0.2) is 13.6 Å². The van der Waals surface area contributed by atoms with Crippen molar-refractivity contribution >= 4 is 12.0 Å². The molecule has 0 aromatic heterocycles. The van der Waals surface area contributed by atoms with E-state index < -0.39 is 23.3 Å². The van der Waals surface area contributed by atoms with Crippen LogP contribution in [0.3, 0.4) is 0 Å². The molecule has 1 aromatic carbocycles. The summed E-state index contributed by atoms with van der Waals surface area (Å²) in [7, 11) is 0. The van der Waals surface area contributed by atoms with Crippen LogP contribution in [0.2, 0.25) is 0 Å². The van der Waals surface area contributed by atoms with Crippen LogP contribution in [0.5, 0.6) is 0 Å². The molecule has 7 heteroatoms. The van der Waals surface area contributed by atoms with Crippen molar-refractivity contribution < 1.29 is 23.1 Å². The number of hydrogen-bond donors (Lipinski definition) is 2. The Bertz CT molecular complexity index is 629. The molecule has 0 heterocycles. The molecule has 0 radical (unpaired) electrons. The molecule has 1 fully saturated rings. The Morgan fingerprint density at radius 2 is 1.88 bits per heavy atom. The quantitative estimate of drug-likeness (QED) is 0.810. The number of nitrogens with one attached hydrogen (secondary N) is 2. The normalized spacial score (nSPS) is 19.5. The third-order valence-electron chi connectivity index (χ3n) is 3.58. The van der Waals surface area contributed by atoms with Gasteiger partial charge in [0.15, 0.2) is 0 Å². The van der Waals surface area contributed by atoms with Crippen LogP contribution in [0.1, 0.15) is 38.7 Å². The molecule has 2 atom stereocenters. The third-order valence-corrected chi connectivity index (χ3v) is 3.58. The van der Waals surface area contributed by atoms with Gasteiger partial charge in [-0.3, -0.25) is 4.79 Å². The lowest BCUT2D eigenvalue weighted by molar-refractivity contribution is -0.122. The standard InChI is InChI=1S/C17H22F2N2O3/c1-17(2,3)24-16(23)21-7-6-20-15(22)13-9-12(13)11-5-4-10(18)8-14(11)19/h4-5,8,12-13H,6-7,9H2,1-3H3,(H,20,22)(H,21,23)/t12-,13-/m1/s1. The Morgan fingerprint density at radius 1 is 1.21 bits per heavy atom. The zero-order valence-corrected chi connectivity index (χ0v) is 14.0. The number of carbonyl (C=O) groups is 2. The van der Waals surface area contributed by atoms with Gasteiger partial charge in [0.25, 0.3) is 0 Å². The third kappa shape index (κ3) is 5.18. The van der Waals surface area contributed by atoms with Gasteiger partial charge in [0.1, 0.15) is 17.2 Å². The molecule has 0 aliphatic heterocycles. The highest BCUT2D eigenvalue weighted by Gasteiger charge is 2.45. The summed E-state index contributed by atoms with van der Waals surface area (Å²) in [6.45, 7) is 5.78. The Labute approximate surface area is 139 Å². The number of benzene rings is 1. The molecule has 1 aliphatic rings. The van der Waals surface area contributed by atoms with Crippen LogP contribution >= 0.6 is 0 Å². The van der Waals surface area contributed by atoms with Crippen LogP contribution in [-0.2, 0) is 9.53 Å². The summed E-state index contributed by atoms with van der Waals surface area (Å²) in [5.41, 5.74) is -0.211. The van der Waals surface area contributed by atoms with Crippen molar-refractivity contribution in [2.24, 2.45) is 5.92 Å². The number of halogens is 2. The number of ether oxygens (including phenoxy) is 1. The predicted molar refractivity (Wildman–Crippen MR) is 84.5 cm³/mol. The van der Waals surface area contributed by atoms with E-state index in [2.05, 4.69) is 10.6 Å². The zero-order chi connectivity index (χ0) is 17.9. The van der Waals surface area contributed by atoms with Crippen molar-refractivity contribution in [1.29, 1.82) is 0 Å². The first-order chi connectivity index (χ1) is 11.2. The Kier molecular flexibility index (Phi) is 5.41. The van der Waals surface area contributed by atoms with Gasteiger partial charge in [-0.1, -0.05) is 6.07 Å². The number of alkyl carbamates (subject to hydrolysis) is 1. The molecule has 0 bridgehead atoms. The van der Waals surface area contributed by atoms with E-state index in [0.29, 0.717) is 12.0 Å². The first-order valence-electron chi connectivity index (χ1n) is 7.87. The largest absolute Gasteiger partial charge is 0.444 e. The highest BCUT2D eigenvalue weighted by atomic mass is 19.1. The van der Waals surface area contributed by atoms with Crippen LogP contribution < -0.4 is 10.6 Å². The second kappa shape index (κ2) is 7.15. The van der Waals surface area contributed by atoms with Crippen LogP contribution in [-0.4, -0.2) is 30.7 Å². The first-order valence-corrected chi connectivity index (χ1v) is 7.87. The highest BCUT2D eigenvalue weighted by molar-refractivity contribution is 5.83. The van der Waals surface area contributed by atoms with Crippen molar-refractivity contribution in [3.8, 4) is 0 Å². The maximum absolute atomic E-state index is 13.7. The van der Waals surface area contributed by atoms with E-state index in [0.717, 1.165) is 6.07 Å². The Morgan fingerprint density at radius 3 is 2.50 bits per heavy atom. The van der Waals surface area contributed by atoms with E-state index in [9.17, 15) is 18.4 Å². The summed E-state index contributed by atoms with van der Waals surface area (Å²) in [4.78, 5) is 23.4. The maximum atomic E-state index is 13.7. The van der Waals surface area contributed by atoms with Crippen molar-refractivity contribution in [2.75, 3.05) is 13.1 Å². The van der Waals surface area contributed by atoms with E-state index >= 15 is 0 Å². The number of carbonyl (C=O) groups excluding carboxylic acids is 2. The fourth-order valence-corrected chi connectivity index (χ4v) is 2.43. The van der Waals surface area contributed by atoms with Gasteiger partial charge >= 0.3 is 6.09 Å². The molecule has 1 aromatic rings. The lowest BCUT2D eigenvalue weighted by atomic mass is 10.1. The number of rotatable bonds is 5. The number of hydrogen-bond acceptors (Lipinski definition) is 3. The van der Waals surface area contributed by atoms with Crippen LogP contribution in [0.15, 0.2) is 18.2 Å². The summed E-state index contributed by atoms with van der Waals surface area (Å²) < 4.78 is 31.6. The predicted octanol–water partition coefficient (Wildman–Crippen LogP) is 2.71. The lowest BCUT2D eigenvalue weighted by Gasteiger charge is -2.19. The van der Waals surface area contributed by atoms with Crippen LogP contribution in [0.25, 0.3) is 0 Å². The highest BCUT2D eigenvalue weighted by Crippen LogP contribution is 2.48. The van der Waals surface area contributed by atoms with Crippen molar-refractivity contribution in [1.82, 2.24) is 10.6 Å². The monoisotopic (exact) mass is 340 g/mol. The van der Waals surface area contributed by atoms with Gasteiger partial charge < -0.3 is 15.4 Å². The molecule has 24 heavy (non-hydrogen) atoms. The van der Waals surface area contributed by atoms with E-state index in [1.807, 2.05) is 0 Å². The minimum absolute atomic E-state index is 0.199. The molecule has 1 aliphatic carbocycles. The lowest BCUT2D eigenvalue weighted by Crippen LogP contribution is -2.38. The summed E-state index contributed by atoms with van der Waals surface area (Å²) in [6.07, 6.45) is -0.0112. The smallest absolute Gasteiger partial charge is 0.407 e. The maximum Gasteiger partial charge on any atom is 0.407 e. The molecule has 2 N–H and O–H groups in total. The molecule has 2 rings (SSSR count). The summed E-state index contributed by atoms with van der Waals surface area (Å²) in [6, 6.07) is 3.40. The zero-order valence-electron chi connectivity index (χ0n) is 14.0. The van der Waals surface area contributed by atoms with Crippen LogP contribution in [0.4, 0.5) is 13.6 Å². The van der Waals surface area contributed by atoms with E-state index in [1.54, 1.807) is 20.8 Å². The fraction of sp³-hybridized carbons (Fsp3) is 0.529. The SMILES string of the molecule is CC(C)(C)OC(=O)NCCNC(=O)[C@@H]1C[C@@H]1c1ccc(F)cc1F. The first kappa shape index (κ1) is 18.2. The minimum atomic E-state index is -0.633. The molecule has 5 nitrogen and oxygen atoms in total. The number of amides is 2. The molecule has 0 saturated heterocycles. The summed E-state index contributed by atoms with van der Waals surface area (Å²) in [5.74, 6) is -1.99. The average Bonchev–Trinajstić information content (AvgIpc) is 3.21. The van der Waals surface area contributed by atoms with Gasteiger partial charge in [0.05, 0.1) is 0 Å². The molecular formula is C17H22F2N2O3. The molecular weight excluding hydrogens is 318 g/mol. The van der Waals surface area contributed by atoms with Gasteiger partial charge in [-0.05, 0) is 44.7 Å². The van der Waals surface area contributed by atoms with Crippen molar-refractivity contribution in [3.05, 3.63) is 35.4 Å². The topological polar surface area (TPSA) is 67.4 Å². The van der Waals surface area contributed by atoms with E-state index in [4.69, 9.17) is 4.74 Å². The molecule has 0 spiro atoms. The van der Waals surface area contributed by atoms with Crippen molar-refractivity contribution in [2.45, 2.75) is 38.7 Å².